The van der Waals surface area contributed by atoms with E-state index in [-0.39, 0.29) is 5.92 Å². The fraction of sp³-hybridized carbons (Fsp3) is 0.889. The van der Waals surface area contributed by atoms with Gasteiger partial charge in [-0.05, 0) is 38.3 Å². The van der Waals surface area contributed by atoms with Crippen molar-refractivity contribution in [3.63, 3.8) is 0 Å². The Morgan fingerprint density at radius 2 is 2.33 bits per heavy atom. The van der Waals surface area contributed by atoms with Crippen molar-refractivity contribution < 1.29 is 9.90 Å². The summed E-state index contributed by atoms with van der Waals surface area (Å²) in [6.45, 7) is 2.25. The van der Waals surface area contributed by atoms with E-state index in [1.54, 1.807) is 0 Å². The molecule has 2 fully saturated rings. The fourth-order valence-electron chi connectivity index (χ4n) is 2.34. The van der Waals surface area contributed by atoms with Gasteiger partial charge in [-0.1, -0.05) is 0 Å². The topological polar surface area (TPSA) is 40.5 Å². The van der Waals surface area contributed by atoms with E-state index in [0.29, 0.717) is 11.8 Å². The number of aliphatic carboxylic acids is 1. The van der Waals surface area contributed by atoms with E-state index in [1.807, 2.05) is 0 Å². The summed E-state index contributed by atoms with van der Waals surface area (Å²) in [6.07, 6.45) is 2.12. The first-order valence-corrected chi connectivity index (χ1v) is 4.60. The van der Waals surface area contributed by atoms with Crippen LogP contribution in [0.5, 0.6) is 0 Å². The molecule has 2 aliphatic rings. The lowest BCUT2D eigenvalue weighted by Crippen LogP contribution is -2.16. The molecule has 3 atom stereocenters. The van der Waals surface area contributed by atoms with Crippen molar-refractivity contribution in [1.29, 1.82) is 0 Å². The third kappa shape index (κ3) is 1.33. The second-order valence-corrected chi connectivity index (χ2v) is 4.16. The van der Waals surface area contributed by atoms with Crippen LogP contribution in [-0.2, 0) is 4.79 Å². The Labute approximate surface area is 72.4 Å². The largest absolute Gasteiger partial charge is 0.481 e. The van der Waals surface area contributed by atoms with Crippen LogP contribution in [0.3, 0.4) is 0 Å². The third-order valence-corrected chi connectivity index (χ3v) is 3.19. The van der Waals surface area contributed by atoms with Gasteiger partial charge in [0.2, 0.25) is 0 Å². The molecular weight excluding hydrogens is 154 g/mol. The zero-order chi connectivity index (χ0) is 8.72. The van der Waals surface area contributed by atoms with Crippen molar-refractivity contribution in [2.45, 2.75) is 12.8 Å². The molecule has 0 radical (unpaired) electrons. The van der Waals surface area contributed by atoms with Gasteiger partial charge in [-0.2, -0.15) is 0 Å². The Morgan fingerprint density at radius 3 is 2.75 bits per heavy atom. The second-order valence-electron chi connectivity index (χ2n) is 4.16. The molecule has 1 unspecified atom stereocenters. The molecule has 2 rings (SSSR count). The molecule has 1 aliphatic carbocycles. The average molecular weight is 169 g/mol. The van der Waals surface area contributed by atoms with Gasteiger partial charge in [-0.25, -0.2) is 0 Å². The highest BCUT2D eigenvalue weighted by molar-refractivity contribution is 5.73. The summed E-state index contributed by atoms with van der Waals surface area (Å²) in [6, 6.07) is 0. The van der Waals surface area contributed by atoms with Crippen LogP contribution in [0, 0.1) is 17.8 Å². The van der Waals surface area contributed by atoms with Gasteiger partial charge < -0.3 is 10.0 Å². The Kier molecular flexibility index (Phi) is 1.83. The minimum atomic E-state index is -0.588. The Hall–Kier alpha value is -0.570. The smallest absolute Gasteiger partial charge is 0.306 e. The predicted octanol–water partition coefficient (Wildman–Crippen LogP) is 0.659. The highest BCUT2D eigenvalue weighted by Crippen LogP contribution is 2.47. The highest BCUT2D eigenvalue weighted by Gasteiger charge is 2.48. The molecule has 1 heterocycles. The first kappa shape index (κ1) is 8.05. The molecule has 1 aliphatic heterocycles. The van der Waals surface area contributed by atoms with E-state index in [4.69, 9.17) is 5.11 Å². The summed E-state index contributed by atoms with van der Waals surface area (Å²) < 4.78 is 0. The minimum absolute atomic E-state index is 0.0125. The zero-order valence-electron chi connectivity index (χ0n) is 7.36. The van der Waals surface area contributed by atoms with Crippen LogP contribution in [0.2, 0.25) is 0 Å². The third-order valence-electron chi connectivity index (χ3n) is 3.19. The number of carbonyl (C=O) groups is 1. The van der Waals surface area contributed by atoms with Gasteiger partial charge in [0.05, 0.1) is 5.92 Å². The van der Waals surface area contributed by atoms with Gasteiger partial charge in [0.15, 0.2) is 0 Å². The molecular formula is C9H15NO2. The molecule has 0 amide bonds. The first-order valence-electron chi connectivity index (χ1n) is 4.60. The lowest BCUT2D eigenvalue weighted by molar-refractivity contribution is -0.139. The maximum absolute atomic E-state index is 10.6. The molecule has 0 spiro atoms. The van der Waals surface area contributed by atoms with E-state index in [2.05, 4.69) is 11.9 Å². The van der Waals surface area contributed by atoms with Crippen LogP contribution in [0.15, 0.2) is 0 Å². The quantitative estimate of drug-likeness (QED) is 0.660. The summed E-state index contributed by atoms with van der Waals surface area (Å²) in [5.74, 6) is 0.555. The minimum Gasteiger partial charge on any atom is -0.481 e. The van der Waals surface area contributed by atoms with Gasteiger partial charge in [0.25, 0.3) is 0 Å². The Bertz CT molecular complexity index is 205. The second kappa shape index (κ2) is 2.73. The van der Waals surface area contributed by atoms with Crippen molar-refractivity contribution in [2.75, 3.05) is 20.1 Å². The van der Waals surface area contributed by atoms with Crippen LogP contribution >= 0.6 is 0 Å². The normalized spacial score (nSPS) is 41.6. The molecule has 1 saturated carbocycles. The van der Waals surface area contributed by atoms with Crippen molar-refractivity contribution in [3.05, 3.63) is 0 Å². The molecule has 3 heteroatoms. The maximum Gasteiger partial charge on any atom is 0.306 e. The molecule has 0 aromatic carbocycles. The van der Waals surface area contributed by atoms with Gasteiger partial charge in [0, 0.05) is 6.54 Å². The highest BCUT2D eigenvalue weighted by atomic mass is 16.4. The number of carboxylic acids is 1. The number of likely N-dealkylation sites (tertiary alicyclic amines) is 1. The fourth-order valence-corrected chi connectivity index (χ4v) is 2.34. The van der Waals surface area contributed by atoms with Crippen LogP contribution in [0.1, 0.15) is 12.8 Å². The summed E-state index contributed by atoms with van der Waals surface area (Å²) in [5, 5.41) is 8.74. The number of nitrogens with zero attached hydrogens (tertiary/aromatic N) is 1. The van der Waals surface area contributed by atoms with Gasteiger partial charge >= 0.3 is 5.97 Å². The molecule has 12 heavy (non-hydrogen) atoms. The number of rotatable bonds is 2. The lowest BCUT2D eigenvalue weighted by Gasteiger charge is -2.08. The van der Waals surface area contributed by atoms with E-state index >= 15 is 0 Å². The summed E-state index contributed by atoms with van der Waals surface area (Å²) in [5.41, 5.74) is 0. The molecule has 0 aromatic heterocycles. The lowest BCUT2D eigenvalue weighted by atomic mass is 10.0. The number of hydrogen-bond donors (Lipinski definition) is 1. The van der Waals surface area contributed by atoms with Crippen LogP contribution in [0.25, 0.3) is 0 Å². The standard InChI is InChI=1S/C9H15NO2/c1-10-3-2-6(5-10)7-4-8(7)9(11)12/h6-8H,2-5H2,1H3,(H,11,12)/t6?,7-,8+/m1/s1. The van der Waals surface area contributed by atoms with Crippen molar-refractivity contribution in [2.24, 2.45) is 17.8 Å². The molecule has 0 aromatic rings. The van der Waals surface area contributed by atoms with Gasteiger partial charge in [-0.15, -0.1) is 0 Å². The van der Waals surface area contributed by atoms with E-state index in [9.17, 15) is 4.79 Å². The summed E-state index contributed by atoms with van der Waals surface area (Å²) in [7, 11) is 2.11. The average Bonchev–Trinajstić information content (AvgIpc) is 2.70. The van der Waals surface area contributed by atoms with E-state index < -0.39 is 5.97 Å². The van der Waals surface area contributed by atoms with Crippen LogP contribution < -0.4 is 0 Å². The van der Waals surface area contributed by atoms with Crippen LogP contribution in [0.4, 0.5) is 0 Å². The Morgan fingerprint density at radius 1 is 1.58 bits per heavy atom. The molecule has 1 saturated heterocycles. The monoisotopic (exact) mass is 169 g/mol. The summed E-state index contributed by atoms with van der Waals surface area (Å²) >= 11 is 0. The molecule has 1 N–H and O–H groups in total. The first-order chi connectivity index (χ1) is 5.68. The molecule has 68 valence electrons. The van der Waals surface area contributed by atoms with Gasteiger partial charge in [0.1, 0.15) is 0 Å². The molecule has 0 bridgehead atoms. The maximum atomic E-state index is 10.6. The van der Waals surface area contributed by atoms with E-state index in [1.165, 1.54) is 6.42 Å². The van der Waals surface area contributed by atoms with Gasteiger partial charge in [-0.3, -0.25) is 4.79 Å². The number of carboxylic acid groups (broad SMARTS) is 1. The Balaban J connectivity index is 1.85. The SMILES string of the molecule is CN1CCC([C@H]2C[C@@H]2C(=O)O)C1. The summed E-state index contributed by atoms with van der Waals surface area (Å²) in [4.78, 5) is 12.9. The molecule has 3 nitrogen and oxygen atoms in total. The zero-order valence-corrected chi connectivity index (χ0v) is 7.36. The number of hydrogen-bond acceptors (Lipinski definition) is 2. The van der Waals surface area contributed by atoms with Crippen molar-refractivity contribution >= 4 is 5.97 Å². The predicted molar refractivity (Wildman–Crippen MR) is 44.8 cm³/mol. The van der Waals surface area contributed by atoms with Crippen LogP contribution in [-0.4, -0.2) is 36.1 Å². The van der Waals surface area contributed by atoms with E-state index in [0.717, 1.165) is 19.5 Å². The van der Waals surface area contributed by atoms with Crippen molar-refractivity contribution in [3.8, 4) is 0 Å². The van der Waals surface area contributed by atoms with Crippen molar-refractivity contribution in [1.82, 2.24) is 4.90 Å².